The molecule has 0 saturated heterocycles. The average molecular weight is 562 g/mol. The molecule has 7 aromatic carbocycles. The third-order valence-electron chi connectivity index (χ3n) is 8.79. The predicted molar refractivity (Wildman–Crippen MR) is 185 cm³/mol. The van der Waals surface area contributed by atoms with Gasteiger partial charge in [0.2, 0.25) is 0 Å². The van der Waals surface area contributed by atoms with Crippen molar-refractivity contribution in [3.8, 4) is 44.5 Å². The minimum Gasteiger partial charge on any atom is -0.356 e. The second kappa shape index (κ2) is 11.2. The first kappa shape index (κ1) is 26.0. The van der Waals surface area contributed by atoms with E-state index >= 15 is 0 Å². The van der Waals surface area contributed by atoms with Crippen LogP contribution in [0, 0.1) is 0 Å². The van der Waals surface area contributed by atoms with Crippen LogP contribution in [0.15, 0.2) is 176 Å². The number of fused-ring (bicyclic) bond motifs is 3. The molecule has 1 aliphatic rings. The quantitative estimate of drug-likeness (QED) is 0.213. The van der Waals surface area contributed by atoms with E-state index in [0.29, 0.717) is 0 Å². The zero-order chi connectivity index (χ0) is 29.3. The first-order valence-corrected chi connectivity index (χ1v) is 15.2. The van der Waals surface area contributed by atoms with E-state index in [1.54, 1.807) is 0 Å². The van der Waals surface area contributed by atoms with E-state index in [4.69, 9.17) is 0 Å². The maximum atomic E-state index is 3.53. The van der Waals surface area contributed by atoms with Crippen LogP contribution < -0.4 is 5.32 Å². The standard InChI is InChI=1S/C43H31N/c1-2-8-30(9-3-1)34-22-26-37(27-23-34)44-38-28-24-35(25-29-38)32-16-14-31(15-17-32)33-18-20-36(21-19-33)43-41-12-6-4-10-39(41)40-11-5-7-13-42(40)43/h1-29,43-44H. The highest BCUT2D eigenvalue weighted by atomic mass is 14.9. The molecule has 0 saturated carbocycles. The zero-order valence-corrected chi connectivity index (χ0v) is 24.3. The molecule has 0 aliphatic heterocycles. The molecule has 1 N–H and O–H groups in total. The highest BCUT2D eigenvalue weighted by Gasteiger charge is 2.29. The molecule has 208 valence electrons. The number of hydrogen-bond acceptors (Lipinski definition) is 1. The topological polar surface area (TPSA) is 12.0 Å². The van der Waals surface area contributed by atoms with Crippen molar-refractivity contribution >= 4 is 11.4 Å². The lowest BCUT2D eigenvalue weighted by Crippen LogP contribution is -1.98. The van der Waals surface area contributed by atoms with Gasteiger partial charge in [-0.15, -0.1) is 0 Å². The van der Waals surface area contributed by atoms with Crippen LogP contribution in [0.1, 0.15) is 22.6 Å². The number of hydrogen-bond donors (Lipinski definition) is 1. The van der Waals surface area contributed by atoms with Gasteiger partial charge in [0.15, 0.2) is 0 Å². The zero-order valence-electron chi connectivity index (χ0n) is 24.3. The summed E-state index contributed by atoms with van der Waals surface area (Å²) in [5, 5.41) is 3.53. The molecule has 1 nitrogen and oxygen atoms in total. The second-order valence-corrected chi connectivity index (χ2v) is 11.5. The van der Waals surface area contributed by atoms with E-state index in [0.717, 1.165) is 11.4 Å². The summed E-state index contributed by atoms with van der Waals surface area (Å²) >= 11 is 0. The number of nitrogens with one attached hydrogen (secondary N) is 1. The highest BCUT2D eigenvalue weighted by molar-refractivity contribution is 5.81. The third-order valence-corrected chi connectivity index (χ3v) is 8.79. The molecule has 1 aliphatic carbocycles. The summed E-state index contributed by atoms with van der Waals surface area (Å²) in [6.07, 6.45) is 0. The van der Waals surface area contributed by atoms with E-state index in [-0.39, 0.29) is 5.92 Å². The van der Waals surface area contributed by atoms with E-state index in [1.807, 2.05) is 6.07 Å². The molecule has 0 fully saturated rings. The molecule has 0 bridgehead atoms. The van der Waals surface area contributed by atoms with Gasteiger partial charge in [0.25, 0.3) is 0 Å². The maximum absolute atomic E-state index is 3.53. The first-order chi connectivity index (χ1) is 21.8. The van der Waals surface area contributed by atoms with Crippen LogP contribution in [-0.2, 0) is 0 Å². The van der Waals surface area contributed by atoms with E-state index in [1.165, 1.54) is 61.2 Å². The van der Waals surface area contributed by atoms with Crippen LogP contribution in [0.3, 0.4) is 0 Å². The van der Waals surface area contributed by atoms with Gasteiger partial charge in [0.1, 0.15) is 0 Å². The maximum Gasteiger partial charge on any atom is 0.0384 e. The molecule has 7 aromatic rings. The van der Waals surface area contributed by atoms with Crippen LogP contribution >= 0.6 is 0 Å². The Morgan fingerprint density at radius 1 is 0.295 bits per heavy atom. The smallest absolute Gasteiger partial charge is 0.0384 e. The van der Waals surface area contributed by atoms with Crippen molar-refractivity contribution in [3.63, 3.8) is 0 Å². The van der Waals surface area contributed by atoms with Gasteiger partial charge in [-0.25, -0.2) is 0 Å². The number of anilines is 2. The molecule has 8 rings (SSSR count). The van der Waals surface area contributed by atoms with Gasteiger partial charge >= 0.3 is 0 Å². The monoisotopic (exact) mass is 561 g/mol. The fraction of sp³-hybridized carbons (Fsp3) is 0.0233. The summed E-state index contributed by atoms with van der Waals surface area (Å²) in [6.45, 7) is 0. The van der Waals surface area contributed by atoms with Crippen molar-refractivity contribution in [1.29, 1.82) is 0 Å². The normalized spacial score (nSPS) is 12.0. The molecule has 0 amide bonds. The van der Waals surface area contributed by atoms with Crippen LogP contribution in [0.4, 0.5) is 11.4 Å². The van der Waals surface area contributed by atoms with Gasteiger partial charge in [-0.3, -0.25) is 0 Å². The Morgan fingerprint density at radius 3 is 1.09 bits per heavy atom. The van der Waals surface area contributed by atoms with Crippen LogP contribution in [0.2, 0.25) is 0 Å². The summed E-state index contributed by atoms with van der Waals surface area (Å²) in [5.74, 6) is 0.282. The van der Waals surface area contributed by atoms with Gasteiger partial charge in [-0.2, -0.15) is 0 Å². The molecule has 0 aromatic heterocycles. The molecule has 0 radical (unpaired) electrons. The summed E-state index contributed by atoms with van der Waals surface area (Å²) in [6, 6.07) is 63.4. The average Bonchev–Trinajstić information content (AvgIpc) is 3.44. The van der Waals surface area contributed by atoms with E-state index < -0.39 is 0 Å². The molecule has 0 spiro atoms. The predicted octanol–water partition coefficient (Wildman–Crippen LogP) is 11.6. The third kappa shape index (κ3) is 4.89. The van der Waals surface area contributed by atoms with Crippen molar-refractivity contribution in [1.82, 2.24) is 0 Å². The Hall–Kier alpha value is -5.66. The number of rotatable bonds is 6. The minimum atomic E-state index is 0.282. The lowest BCUT2D eigenvalue weighted by molar-refractivity contribution is 1.02. The summed E-state index contributed by atoms with van der Waals surface area (Å²) < 4.78 is 0. The first-order valence-electron chi connectivity index (χ1n) is 15.2. The molecule has 0 unspecified atom stereocenters. The van der Waals surface area contributed by atoms with E-state index in [2.05, 4.69) is 175 Å². The lowest BCUT2D eigenvalue weighted by atomic mass is 9.88. The van der Waals surface area contributed by atoms with Gasteiger partial charge in [-0.1, -0.05) is 152 Å². The Labute approximate surface area is 259 Å². The minimum absolute atomic E-state index is 0.282. The fourth-order valence-electron chi connectivity index (χ4n) is 6.53. The summed E-state index contributed by atoms with van der Waals surface area (Å²) in [4.78, 5) is 0. The Bertz CT molecular complexity index is 1990. The van der Waals surface area contributed by atoms with Gasteiger partial charge in [0.05, 0.1) is 0 Å². The molecule has 0 heterocycles. The van der Waals surface area contributed by atoms with Gasteiger partial charge in [-0.05, 0) is 85.5 Å². The van der Waals surface area contributed by atoms with Crippen molar-refractivity contribution < 1.29 is 0 Å². The Kier molecular flexibility index (Phi) is 6.62. The highest BCUT2D eigenvalue weighted by Crippen LogP contribution is 2.47. The number of benzene rings is 7. The second-order valence-electron chi connectivity index (χ2n) is 11.5. The van der Waals surface area contributed by atoms with Crippen LogP contribution in [0.25, 0.3) is 44.5 Å². The molecule has 1 heteroatoms. The van der Waals surface area contributed by atoms with E-state index in [9.17, 15) is 0 Å². The van der Waals surface area contributed by atoms with Crippen molar-refractivity contribution in [2.45, 2.75) is 5.92 Å². The molecule has 44 heavy (non-hydrogen) atoms. The Balaban J connectivity index is 0.963. The van der Waals surface area contributed by atoms with Gasteiger partial charge in [0, 0.05) is 17.3 Å². The summed E-state index contributed by atoms with van der Waals surface area (Å²) in [5.41, 5.74) is 16.3. The van der Waals surface area contributed by atoms with Gasteiger partial charge < -0.3 is 5.32 Å². The molecule has 0 atom stereocenters. The van der Waals surface area contributed by atoms with Crippen molar-refractivity contribution in [2.75, 3.05) is 5.32 Å². The summed E-state index contributed by atoms with van der Waals surface area (Å²) in [7, 11) is 0. The van der Waals surface area contributed by atoms with Crippen molar-refractivity contribution in [3.05, 3.63) is 193 Å². The largest absolute Gasteiger partial charge is 0.356 e. The van der Waals surface area contributed by atoms with Crippen molar-refractivity contribution in [2.24, 2.45) is 0 Å². The van der Waals surface area contributed by atoms with Crippen LogP contribution in [0.5, 0.6) is 0 Å². The lowest BCUT2D eigenvalue weighted by Gasteiger charge is -2.15. The Morgan fingerprint density at radius 2 is 0.636 bits per heavy atom. The molecular formula is C43H31N. The van der Waals surface area contributed by atoms with Crippen LogP contribution in [-0.4, -0.2) is 0 Å². The SMILES string of the molecule is c1ccc(-c2ccc(Nc3ccc(-c4ccc(-c5ccc(C6c7ccccc7-c7ccccc76)cc5)cc4)cc3)cc2)cc1. The molecular weight excluding hydrogens is 530 g/mol. The fourth-order valence-corrected chi connectivity index (χ4v) is 6.53.